The Morgan fingerprint density at radius 2 is 2.17 bits per heavy atom. The van der Waals surface area contributed by atoms with Crippen LogP contribution in [0.3, 0.4) is 0 Å². The van der Waals surface area contributed by atoms with Crippen LogP contribution >= 0.6 is 0 Å². The maximum Gasteiger partial charge on any atom is 0.129 e. The third kappa shape index (κ3) is 1.63. The summed E-state index contributed by atoms with van der Waals surface area (Å²) in [6, 6.07) is 2.16. The maximum absolute atomic E-state index is 10.9. The molecule has 0 saturated heterocycles. The summed E-state index contributed by atoms with van der Waals surface area (Å²) >= 11 is 0. The number of hydrogen-bond donors (Lipinski definition) is 2. The molecule has 0 aromatic carbocycles. The fourth-order valence-corrected chi connectivity index (χ4v) is 7.06. The van der Waals surface area contributed by atoms with Crippen LogP contribution in [-0.2, 0) is 0 Å². The Balaban J connectivity index is 1.58. The third-order valence-corrected chi connectivity index (χ3v) is 8.02. The molecule has 2 unspecified atom stereocenters. The molecule has 4 aliphatic rings. The molecule has 0 radical (unpaired) electrons. The molecule has 1 heterocycles. The quantitative estimate of drug-likeness (QED) is 0.830. The normalized spacial score (nSPS) is 50.3. The summed E-state index contributed by atoms with van der Waals surface area (Å²) in [7, 11) is 0. The van der Waals surface area contributed by atoms with E-state index in [1.165, 1.54) is 18.4 Å². The van der Waals surface area contributed by atoms with Gasteiger partial charge in [-0.25, -0.2) is 0 Å². The molecule has 5 rings (SSSR count). The minimum atomic E-state index is -0.836. The second-order valence-corrected chi connectivity index (χ2v) is 8.86. The topological polar surface area (TPSA) is 53.6 Å². The fraction of sp³-hybridized carbons (Fsp3) is 0.700. The average molecular weight is 314 g/mol. The van der Waals surface area contributed by atoms with Crippen LogP contribution in [0.15, 0.2) is 22.8 Å². The number of rotatable bonds is 1. The Morgan fingerprint density at radius 1 is 1.30 bits per heavy atom. The van der Waals surface area contributed by atoms with E-state index < -0.39 is 5.60 Å². The van der Waals surface area contributed by atoms with Gasteiger partial charge in [0.2, 0.25) is 0 Å². The molecule has 6 atom stereocenters. The van der Waals surface area contributed by atoms with Crippen LogP contribution in [0.1, 0.15) is 62.7 Å². The molecular formula is C20H26O3. The van der Waals surface area contributed by atoms with Gasteiger partial charge in [0.1, 0.15) is 5.76 Å². The van der Waals surface area contributed by atoms with E-state index in [1.54, 1.807) is 0 Å². The summed E-state index contributed by atoms with van der Waals surface area (Å²) in [5, 5.41) is 20.7. The van der Waals surface area contributed by atoms with E-state index in [9.17, 15) is 10.2 Å². The van der Waals surface area contributed by atoms with Gasteiger partial charge in [0.05, 0.1) is 18.5 Å². The van der Waals surface area contributed by atoms with Gasteiger partial charge in [0.15, 0.2) is 0 Å². The van der Waals surface area contributed by atoms with E-state index >= 15 is 0 Å². The predicted molar refractivity (Wildman–Crippen MR) is 87.7 cm³/mol. The molecule has 1 aromatic rings. The first-order valence-corrected chi connectivity index (χ1v) is 9.11. The van der Waals surface area contributed by atoms with Crippen molar-refractivity contribution in [2.24, 2.45) is 22.7 Å². The van der Waals surface area contributed by atoms with Gasteiger partial charge in [-0.1, -0.05) is 13.0 Å². The minimum Gasteiger partial charge on any atom is -0.465 e. The summed E-state index contributed by atoms with van der Waals surface area (Å²) in [4.78, 5) is 0. The molecule has 1 spiro atoms. The summed E-state index contributed by atoms with van der Waals surface area (Å²) in [6.07, 6.45) is 12.9. The molecule has 124 valence electrons. The first-order chi connectivity index (χ1) is 11.0. The van der Waals surface area contributed by atoms with Crippen molar-refractivity contribution in [3.8, 4) is 0 Å². The van der Waals surface area contributed by atoms with Gasteiger partial charge in [-0.2, -0.15) is 0 Å². The Labute approximate surface area is 137 Å². The molecule has 3 nitrogen and oxygen atoms in total. The lowest BCUT2D eigenvalue weighted by Gasteiger charge is -2.58. The van der Waals surface area contributed by atoms with Crippen molar-refractivity contribution in [3.05, 3.63) is 29.7 Å². The molecule has 3 heteroatoms. The molecule has 0 aliphatic heterocycles. The number of aliphatic hydroxyl groups excluding tert-OH is 1. The van der Waals surface area contributed by atoms with E-state index in [2.05, 4.69) is 25.1 Å². The van der Waals surface area contributed by atoms with Crippen molar-refractivity contribution in [2.75, 3.05) is 6.61 Å². The second-order valence-electron chi connectivity index (χ2n) is 8.86. The Morgan fingerprint density at radius 3 is 3.00 bits per heavy atom. The molecule has 0 amide bonds. The lowest BCUT2D eigenvalue weighted by molar-refractivity contribution is -0.0517. The highest BCUT2D eigenvalue weighted by Crippen LogP contribution is 2.71. The van der Waals surface area contributed by atoms with Crippen molar-refractivity contribution in [3.63, 3.8) is 0 Å². The number of fused-ring (bicyclic) bond motifs is 5. The van der Waals surface area contributed by atoms with E-state index in [0.717, 1.165) is 31.4 Å². The summed E-state index contributed by atoms with van der Waals surface area (Å²) in [5.74, 6) is 2.47. The van der Waals surface area contributed by atoms with E-state index in [0.29, 0.717) is 17.8 Å². The smallest absolute Gasteiger partial charge is 0.129 e. The maximum atomic E-state index is 10.9. The van der Waals surface area contributed by atoms with E-state index in [1.807, 2.05) is 6.26 Å². The fourth-order valence-electron chi connectivity index (χ4n) is 7.06. The molecule has 3 fully saturated rings. The zero-order valence-electron chi connectivity index (χ0n) is 13.8. The van der Waals surface area contributed by atoms with Crippen molar-refractivity contribution >= 4 is 6.08 Å². The summed E-state index contributed by atoms with van der Waals surface area (Å²) in [6.45, 7) is 2.35. The first-order valence-electron chi connectivity index (χ1n) is 9.11. The summed E-state index contributed by atoms with van der Waals surface area (Å²) < 4.78 is 5.64. The van der Waals surface area contributed by atoms with Crippen molar-refractivity contribution < 1.29 is 14.6 Å². The Kier molecular flexibility index (Phi) is 2.68. The SMILES string of the molecule is C[C@@]12C=Cc3occc3C1CC[C@@]13C[C@H](CCC12)[C@@](O)(CO)C3. The molecule has 4 aliphatic carbocycles. The number of aliphatic hydroxyl groups is 2. The van der Waals surface area contributed by atoms with E-state index in [4.69, 9.17) is 4.42 Å². The van der Waals surface area contributed by atoms with Gasteiger partial charge in [0, 0.05) is 5.56 Å². The van der Waals surface area contributed by atoms with Crippen LogP contribution in [0.4, 0.5) is 0 Å². The van der Waals surface area contributed by atoms with Crippen LogP contribution in [0.2, 0.25) is 0 Å². The van der Waals surface area contributed by atoms with Crippen LogP contribution in [0.5, 0.6) is 0 Å². The van der Waals surface area contributed by atoms with Crippen LogP contribution in [0, 0.1) is 22.7 Å². The molecular weight excluding hydrogens is 288 g/mol. The average Bonchev–Trinajstić information content (AvgIpc) is 3.09. The van der Waals surface area contributed by atoms with Crippen molar-refractivity contribution in [2.45, 2.75) is 57.0 Å². The lowest BCUT2D eigenvalue weighted by Crippen LogP contribution is -2.49. The molecule has 2 bridgehead atoms. The highest BCUT2D eigenvalue weighted by molar-refractivity contribution is 5.55. The highest BCUT2D eigenvalue weighted by Gasteiger charge is 2.65. The van der Waals surface area contributed by atoms with Gasteiger partial charge in [0.25, 0.3) is 0 Å². The third-order valence-electron chi connectivity index (χ3n) is 8.02. The largest absolute Gasteiger partial charge is 0.465 e. The summed E-state index contributed by atoms with van der Waals surface area (Å²) in [5.41, 5.74) is 0.914. The van der Waals surface area contributed by atoms with Gasteiger partial charge in [-0.15, -0.1) is 0 Å². The molecule has 3 saturated carbocycles. The number of allylic oxidation sites excluding steroid dienone is 1. The van der Waals surface area contributed by atoms with Crippen molar-refractivity contribution in [1.29, 1.82) is 0 Å². The Hall–Kier alpha value is -1.06. The monoisotopic (exact) mass is 314 g/mol. The van der Waals surface area contributed by atoms with Crippen molar-refractivity contribution in [1.82, 2.24) is 0 Å². The predicted octanol–water partition coefficient (Wildman–Crippen LogP) is 3.72. The Bertz CT molecular complexity index is 676. The van der Waals surface area contributed by atoms with Crippen LogP contribution in [-0.4, -0.2) is 22.4 Å². The van der Waals surface area contributed by atoms with Crippen LogP contribution < -0.4 is 0 Å². The minimum absolute atomic E-state index is 0.0754. The second kappa shape index (κ2) is 4.31. The lowest BCUT2D eigenvalue weighted by atomic mass is 9.46. The van der Waals surface area contributed by atoms with E-state index in [-0.39, 0.29) is 17.4 Å². The molecule has 1 aromatic heterocycles. The zero-order chi connectivity index (χ0) is 15.9. The molecule has 23 heavy (non-hydrogen) atoms. The van der Waals surface area contributed by atoms with Crippen LogP contribution in [0.25, 0.3) is 6.08 Å². The number of furan rings is 1. The van der Waals surface area contributed by atoms with Gasteiger partial charge < -0.3 is 14.6 Å². The standard InChI is InChI=1S/C20H26O3/c1-18-7-5-16-14(6-9-23-16)15(18)4-8-19-10-13(2-3-17(18)19)20(22,11-19)12-21/h5-7,9,13,15,17,21-22H,2-4,8,10-12H2,1H3/t13-,15?,17?,18+,19-,20-/m0/s1. The van der Waals surface area contributed by atoms with Gasteiger partial charge in [-0.05, 0) is 79.3 Å². The van der Waals surface area contributed by atoms with Gasteiger partial charge >= 0.3 is 0 Å². The zero-order valence-corrected chi connectivity index (χ0v) is 13.8. The van der Waals surface area contributed by atoms with Gasteiger partial charge in [-0.3, -0.25) is 0 Å². The number of hydrogen-bond acceptors (Lipinski definition) is 3. The molecule has 2 N–H and O–H groups in total. The first kappa shape index (κ1) is 14.3. The highest BCUT2D eigenvalue weighted by atomic mass is 16.3.